The van der Waals surface area contributed by atoms with E-state index in [1.165, 1.54) is 24.2 Å². The number of carboxylic acid groups (broad SMARTS) is 1. The Morgan fingerprint density at radius 2 is 1.90 bits per heavy atom. The lowest BCUT2D eigenvalue weighted by atomic mass is 10.2. The molecule has 20 heavy (non-hydrogen) atoms. The van der Waals surface area contributed by atoms with Crippen LogP contribution in [0.4, 0.5) is 0 Å². The van der Waals surface area contributed by atoms with Gasteiger partial charge in [-0.1, -0.05) is 24.3 Å². The first-order chi connectivity index (χ1) is 9.74. The highest BCUT2D eigenvalue weighted by atomic mass is 32.2. The molecule has 1 N–H and O–H groups in total. The Hall–Kier alpha value is -2.47. The van der Waals surface area contributed by atoms with Crippen molar-refractivity contribution < 1.29 is 9.90 Å². The lowest BCUT2D eigenvalue weighted by Crippen LogP contribution is -2.00. The van der Waals surface area contributed by atoms with Crippen LogP contribution in [0.15, 0.2) is 58.8 Å². The predicted molar refractivity (Wildman–Crippen MR) is 74.9 cm³/mol. The molecular weight excluding hydrogens is 274 g/mol. The molecule has 0 spiro atoms. The van der Waals surface area contributed by atoms with E-state index >= 15 is 0 Å². The molecule has 0 fully saturated rings. The maximum absolute atomic E-state index is 10.9. The minimum atomic E-state index is -1.04. The van der Waals surface area contributed by atoms with Crippen LogP contribution >= 0.6 is 11.8 Å². The van der Waals surface area contributed by atoms with Crippen molar-refractivity contribution in [3.8, 4) is 0 Å². The van der Waals surface area contributed by atoms with Crippen LogP contribution in [-0.4, -0.2) is 26.0 Å². The topological polar surface area (TPSA) is 76.0 Å². The Bertz CT molecular complexity index is 787. The fraction of sp³-hybridized carbons (Fsp3) is 0. The van der Waals surface area contributed by atoms with E-state index in [0.29, 0.717) is 5.03 Å². The van der Waals surface area contributed by atoms with Crippen molar-refractivity contribution in [2.75, 3.05) is 0 Å². The highest BCUT2D eigenvalue weighted by molar-refractivity contribution is 7.99. The van der Waals surface area contributed by atoms with Gasteiger partial charge in [0.2, 0.25) is 0 Å². The van der Waals surface area contributed by atoms with Gasteiger partial charge in [0.25, 0.3) is 0 Å². The van der Waals surface area contributed by atoms with Crippen LogP contribution in [0.1, 0.15) is 10.5 Å². The van der Waals surface area contributed by atoms with Crippen LogP contribution in [-0.2, 0) is 0 Å². The van der Waals surface area contributed by atoms with Gasteiger partial charge in [-0.2, -0.15) is 0 Å². The molecule has 3 aromatic rings. The summed E-state index contributed by atoms with van der Waals surface area (Å²) in [4.78, 5) is 23.4. The van der Waals surface area contributed by atoms with Gasteiger partial charge in [-0.05, 0) is 30.0 Å². The number of pyridine rings is 1. The molecule has 3 rings (SSSR count). The summed E-state index contributed by atoms with van der Waals surface area (Å²) < 4.78 is 0. The van der Waals surface area contributed by atoms with E-state index in [0.717, 1.165) is 15.9 Å². The van der Waals surface area contributed by atoms with Gasteiger partial charge in [0, 0.05) is 5.39 Å². The highest BCUT2D eigenvalue weighted by Gasteiger charge is 2.09. The number of carbonyl (C=O) groups is 1. The minimum Gasteiger partial charge on any atom is -0.477 e. The van der Waals surface area contributed by atoms with Crippen molar-refractivity contribution >= 4 is 28.6 Å². The predicted octanol–water partition coefficient (Wildman–Crippen LogP) is 2.87. The molecule has 0 amide bonds. The van der Waals surface area contributed by atoms with Crippen molar-refractivity contribution in [2.24, 2.45) is 0 Å². The Labute approximate surface area is 118 Å². The van der Waals surface area contributed by atoms with Crippen LogP contribution in [0.5, 0.6) is 0 Å². The highest BCUT2D eigenvalue weighted by Crippen LogP contribution is 2.29. The number of nitrogens with zero attached hydrogens (tertiary/aromatic N) is 3. The standard InChI is InChI=1S/C14H9N3O2S/c18-14(19)11-6-3-7-12(17-11)20-13-9-4-1-2-5-10(9)15-8-16-13/h1-8H,(H,18,19). The zero-order valence-electron chi connectivity index (χ0n) is 10.2. The Kier molecular flexibility index (Phi) is 3.30. The van der Waals surface area contributed by atoms with Crippen molar-refractivity contribution in [2.45, 2.75) is 10.1 Å². The molecule has 0 aliphatic carbocycles. The summed E-state index contributed by atoms with van der Waals surface area (Å²) >= 11 is 1.32. The van der Waals surface area contributed by atoms with E-state index in [2.05, 4.69) is 15.0 Å². The molecule has 98 valence electrons. The molecule has 0 bridgehead atoms. The van der Waals surface area contributed by atoms with Gasteiger partial charge in [0.05, 0.1) is 5.52 Å². The molecule has 0 unspecified atom stereocenters. The number of carboxylic acids is 1. The smallest absolute Gasteiger partial charge is 0.354 e. The number of para-hydroxylation sites is 1. The van der Waals surface area contributed by atoms with Crippen LogP contribution in [0, 0.1) is 0 Å². The lowest BCUT2D eigenvalue weighted by Gasteiger charge is -2.04. The van der Waals surface area contributed by atoms with E-state index in [1.807, 2.05) is 24.3 Å². The largest absolute Gasteiger partial charge is 0.477 e. The Balaban J connectivity index is 2.01. The van der Waals surface area contributed by atoms with E-state index < -0.39 is 5.97 Å². The van der Waals surface area contributed by atoms with E-state index in [9.17, 15) is 4.79 Å². The number of fused-ring (bicyclic) bond motifs is 1. The molecule has 0 radical (unpaired) electrons. The van der Waals surface area contributed by atoms with Crippen molar-refractivity contribution in [1.82, 2.24) is 15.0 Å². The van der Waals surface area contributed by atoms with Crippen molar-refractivity contribution in [3.05, 3.63) is 54.5 Å². The molecule has 5 nitrogen and oxygen atoms in total. The van der Waals surface area contributed by atoms with Crippen LogP contribution in [0.3, 0.4) is 0 Å². The fourth-order valence-corrected chi connectivity index (χ4v) is 2.62. The number of aromatic carboxylic acids is 1. The molecule has 1 aromatic carbocycles. The third-order valence-electron chi connectivity index (χ3n) is 2.65. The van der Waals surface area contributed by atoms with Crippen LogP contribution in [0.25, 0.3) is 10.9 Å². The third kappa shape index (κ3) is 2.46. The molecular formula is C14H9N3O2S. The maximum atomic E-state index is 10.9. The van der Waals surface area contributed by atoms with E-state index in [-0.39, 0.29) is 5.69 Å². The van der Waals surface area contributed by atoms with Gasteiger partial charge >= 0.3 is 5.97 Å². The normalized spacial score (nSPS) is 10.6. The fourth-order valence-electron chi connectivity index (χ4n) is 1.75. The average Bonchev–Trinajstić information content (AvgIpc) is 2.48. The molecule has 2 heterocycles. The number of aromatic nitrogens is 3. The molecule has 0 atom stereocenters. The molecule has 0 saturated carbocycles. The zero-order chi connectivity index (χ0) is 13.9. The molecule has 2 aromatic heterocycles. The van der Waals surface area contributed by atoms with Gasteiger partial charge in [0.15, 0.2) is 0 Å². The summed E-state index contributed by atoms with van der Waals surface area (Å²) in [6.07, 6.45) is 1.49. The lowest BCUT2D eigenvalue weighted by molar-refractivity contribution is 0.0689. The Morgan fingerprint density at radius 3 is 2.75 bits per heavy atom. The number of hydrogen-bond acceptors (Lipinski definition) is 5. The van der Waals surface area contributed by atoms with Crippen LogP contribution in [0.2, 0.25) is 0 Å². The zero-order valence-corrected chi connectivity index (χ0v) is 11.0. The number of hydrogen-bond donors (Lipinski definition) is 1. The first kappa shape index (κ1) is 12.6. The molecule has 6 heteroatoms. The quantitative estimate of drug-likeness (QED) is 0.745. The second-order valence-corrected chi connectivity index (χ2v) is 4.97. The maximum Gasteiger partial charge on any atom is 0.354 e. The summed E-state index contributed by atoms with van der Waals surface area (Å²) in [5.74, 6) is -1.04. The Morgan fingerprint density at radius 1 is 1.05 bits per heavy atom. The number of benzene rings is 1. The van der Waals surface area contributed by atoms with Gasteiger partial charge < -0.3 is 5.11 Å². The van der Waals surface area contributed by atoms with Gasteiger partial charge in [-0.15, -0.1) is 0 Å². The summed E-state index contributed by atoms with van der Waals surface area (Å²) in [5.41, 5.74) is 0.868. The summed E-state index contributed by atoms with van der Waals surface area (Å²) in [6, 6.07) is 12.5. The summed E-state index contributed by atoms with van der Waals surface area (Å²) in [7, 11) is 0. The van der Waals surface area contributed by atoms with Gasteiger partial charge in [-0.25, -0.2) is 19.7 Å². The van der Waals surface area contributed by atoms with Gasteiger partial charge in [0.1, 0.15) is 22.1 Å². The van der Waals surface area contributed by atoms with Gasteiger partial charge in [-0.3, -0.25) is 0 Å². The second-order valence-electron chi connectivity index (χ2n) is 3.96. The molecule has 0 aliphatic heterocycles. The second kappa shape index (κ2) is 5.26. The molecule has 0 aliphatic rings. The summed E-state index contributed by atoms with van der Waals surface area (Å²) in [6.45, 7) is 0. The molecule has 0 saturated heterocycles. The summed E-state index contributed by atoms with van der Waals surface area (Å²) in [5, 5.41) is 11.2. The third-order valence-corrected chi connectivity index (χ3v) is 3.61. The first-order valence-corrected chi connectivity index (χ1v) is 6.63. The first-order valence-electron chi connectivity index (χ1n) is 5.82. The van der Waals surface area contributed by atoms with Crippen LogP contribution < -0.4 is 0 Å². The monoisotopic (exact) mass is 283 g/mol. The van der Waals surface area contributed by atoms with Crippen molar-refractivity contribution in [3.63, 3.8) is 0 Å². The van der Waals surface area contributed by atoms with Crippen molar-refractivity contribution in [1.29, 1.82) is 0 Å². The minimum absolute atomic E-state index is 0.0216. The SMILES string of the molecule is O=C(O)c1cccc(Sc2ncnc3ccccc23)n1. The number of rotatable bonds is 3. The van der Waals surface area contributed by atoms with E-state index in [4.69, 9.17) is 5.11 Å². The average molecular weight is 283 g/mol. The van der Waals surface area contributed by atoms with E-state index in [1.54, 1.807) is 12.1 Å².